The highest BCUT2D eigenvalue weighted by Crippen LogP contribution is 2.39. The lowest BCUT2D eigenvalue weighted by atomic mass is 10.1. The average molecular weight is 955 g/mol. The van der Waals surface area contributed by atoms with Gasteiger partial charge in [0.15, 0.2) is 0 Å². The van der Waals surface area contributed by atoms with Crippen molar-refractivity contribution in [3.63, 3.8) is 0 Å². The molecule has 5 aromatic carbocycles. The van der Waals surface area contributed by atoms with Crippen LogP contribution in [0.3, 0.4) is 0 Å². The van der Waals surface area contributed by atoms with Crippen molar-refractivity contribution >= 4 is 65.9 Å². The van der Waals surface area contributed by atoms with Gasteiger partial charge in [-0.15, -0.1) is 22.7 Å². The molecule has 9 aromatic rings. The topological polar surface area (TPSA) is 113 Å². The molecule has 0 bridgehead atoms. The third-order valence-electron chi connectivity index (χ3n) is 12.1. The Labute approximate surface area is 410 Å². The summed E-state index contributed by atoms with van der Waals surface area (Å²) in [6.07, 6.45) is 3.67. The minimum absolute atomic E-state index is 0.245. The highest BCUT2D eigenvalue weighted by molar-refractivity contribution is 7.23. The molecule has 11 nitrogen and oxygen atoms in total. The molecule has 69 heavy (non-hydrogen) atoms. The molecule has 0 radical (unpaired) electrons. The molecule has 0 saturated carbocycles. The monoisotopic (exact) mass is 954 g/mol. The van der Waals surface area contributed by atoms with Gasteiger partial charge in [0.05, 0.1) is 65.3 Å². The van der Waals surface area contributed by atoms with Gasteiger partial charge in [-0.1, -0.05) is 72.8 Å². The van der Waals surface area contributed by atoms with Gasteiger partial charge in [0.25, 0.3) is 0 Å². The lowest BCUT2D eigenvalue weighted by molar-refractivity contribution is 0.0341. The fourth-order valence-corrected chi connectivity index (χ4v) is 10.6. The summed E-state index contributed by atoms with van der Waals surface area (Å²) < 4.78 is 24.4. The Morgan fingerprint density at radius 1 is 0.551 bits per heavy atom. The van der Waals surface area contributed by atoms with Crippen LogP contribution in [-0.2, 0) is 29.2 Å². The number of morpholine rings is 2. The summed E-state index contributed by atoms with van der Waals surface area (Å²) in [4.78, 5) is 16.5. The van der Waals surface area contributed by atoms with Crippen molar-refractivity contribution in [2.45, 2.75) is 19.7 Å². The molecule has 3 N–H and O–H groups in total. The van der Waals surface area contributed by atoms with Crippen LogP contribution < -0.4 is 20.1 Å². The number of aromatic hydroxyl groups is 1. The van der Waals surface area contributed by atoms with Gasteiger partial charge in [0.1, 0.15) is 23.9 Å². The minimum Gasteiger partial charge on any atom is -0.508 e. The largest absolute Gasteiger partial charge is 0.508 e. The zero-order chi connectivity index (χ0) is 46.8. The summed E-state index contributed by atoms with van der Waals surface area (Å²) >= 11 is 3.49. The molecule has 0 atom stereocenters. The van der Waals surface area contributed by atoms with E-state index < -0.39 is 0 Å². The minimum atomic E-state index is 0.245. The van der Waals surface area contributed by atoms with Crippen molar-refractivity contribution in [2.24, 2.45) is 0 Å². The molecule has 2 fully saturated rings. The van der Waals surface area contributed by atoms with Gasteiger partial charge in [0, 0.05) is 84.9 Å². The van der Waals surface area contributed by atoms with Gasteiger partial charge in [-0.25, -0.2) is 0 Å². The summed E-state index contributed by atoms with van der Waals surface area (Å²) in [5, 5.41) is 16.7. The first-order valence-corrected chi connectivity index (χ1v) is 24.9. The Morgan fingerprint density at radius 2 is 1.04 bits per heavy atom. The lowest BCUT2D eigenvalue weighted by Crippen LogP contribution is -2.35. The van der Waals surface area contributed by atoms with Gasteiger partial charge in [-0.05, 0) is 88.5 Å². The summed E-state index contributed by atoms with van der Waals surface area (Å²) in [5.74, 6) is 1.89. The number of hydrogen-bond donors (Lipinski definition) is 3. The van der Waals surface area contributed by atoms with Crippen molar-refractivity contribution in [1.29, 1.82) is 0 Å². The number of methoxy groups -OCH3 is 1. The third-order valence-corrected chi connectivity index (χ3v) is 14.5. The summed E-state index contributed by atoms with van der Waals surface area (Å²) in [6.45, 7) is 9.72. The first-order valence-electron chi connectivity index (χ1n) is 23.2. The maximum Gasteiger partial charge on any atom is 0.121 e. The van der Waals surface area contributed by atoms with Crippen molar-refractivity contribution in [2.75, 3.05) is 70.3 Å². The van der Waals surface area contributed by atoms with Gasteiger partial charge in [-0.3, -0.25) is 19.8 Å². The van der Waals surface area contributed by atoms with E-state index in [0.717, 1.165) is 126 Å². The van der Waals surface area contributed by atoms with E-state index in [1.54, 1.807) is 41.9 Å². The van der Waals surface area contributed by atoms with Crippen molar-refractivity contribution in [3.05, 3.63) is 175 Å². The van der Waals surface area contributed by atoms with Gasteiger partial charge < -0.3 is 34.7 Å². The van der Waals surface area contributed by atoms with Crippen molar-refractivity contribution < 1.29 is 24.1 Å². The van der Waals surface area contributed by atoms with E-state index in [-0.39, 0.29) is 5.75 Å². The van der Waals surface area contributed by atoms with E-state index in [1.807, 2.05) is 85.2 Å². The highest BCUT2D eigenvalue weighted by Gasteiger charge is 2.15. The normalized spacial score (nSPS) is 14.3. The van der Waals surface area contributed by atoms with Gasteiger partial charge in [-0.2, -0.15) is 0 Å². The number of benzene rings is 5. The molecule has 0 spiro atoms. The maximum atomic E-state index is 9.72. The van der Waals surface area contributed by atoms with Crippen LogP contribution in [-0.4, -0.2) is 84.6 Å². The predicted octanol–water partition coefficient (Wildman–Crippen LogP) is 12.4. The average Bonchev–Trinajstić information content (AvgIpc) is 4.04. The Balaban J connectivity index is 0.000000166. The van der Waals surface area contributed by atoms with Gasteiger partial charge >= 0.3 is 0 Å². The standard InChI is InChI=1S/C32H31N3O3S.C24H23N3O2S/c1-36-27-11-7-24(8-12-27)22-38-28-4-2-3-26(19-28)34-29-13-14-33-30-20-31(39-32(29)30)25-9-5-23(6-10-25)21-35-15-17-37-18-16-35;28-20-3-1-2-19(14-20)26-21-8-9-25-22-15-23(30-24(21)22)18-6-4-17(5-7-18)16-27-10-12-29-13-11-27/h2-14,19-20H,15-18,21-22H2,1H3,(H,33,34);1-9,14-15,28H,10-13,16H2,(H,25,26). The number of ether oxygens (including phenoxy) is 4. The van der Waals surface area contributed by atoms with E-state index in [4.69, 9.17) is 18.9 Å². The van der Waals surface area contributed by atoms with Crippen LogP contribution >= 0.6 is 22.7 Å². The Bertz CT molecular complexity index is 3090. The van der Waals surface area contributed by atoms with Crippen LogP contribution in [0, 0.1) is 0 Å². The number of aromatic nitrogens is 2. The third kappa shape index (κ3) is 11.9. The molecule has 11 rings (SSSR count). The first kappa shape index (κ1) is 45.9. The number of pyridine rings is 2. The zero-order valence-corrected chi connectivity index (χ0v) is 40.1. The Kier molecular flexibility index (Phi) is 14.7. The molecule has 13 heteroatoms. The molecule has 0 amide bonds. The highest BCUT2D eigenvalue weighted by atomic mass is 32.1. The molecule has 6 heterocycles. The first-order chi connectivity index (χ1) is 34.0. The second-order valence-corrected chi connectivity index (χ2v) is 19.1. The molecule has 4 aromatic heterocycles. The Hall–Kier alpha value is -6.84. The molecule has 2 aliphatic rings. The van der Waals surface area contributed by atoms with Crippen LogP contribution in [0.25, 0.3) is 41.3 Å². The fourth-order valence-electron chi connectivity index (χ4n) is 8.39. The molecule has 0 aliphatic carbocycles. The summed E-state index contributed by atoms with van der Waals surface area (Å²) in [6, 6.07) is 49.2. The molecule has 350 valence electrons. The molecular weight excluding hydrogens is 901 g/mol. The predicted molar refractivity (Wildman–Crippen MR) is 281 cm³/mol. The van der Waals surface area contributed by atoms with Crippen LogP contribution in [0.1, 0.15) is 16.7 Å². The van der Waals surface area contributed by atoms with E-state index in [1.165, 1.54) is 32.0 Å². The number of rotatable bonds is 14. The second-order valence-electron chi connectivity index (χ2n) is 17.0. The van der Waals surface area contributed by atoms with Crippen LogP contribution in [0.4, 0.5) is 22.7 Å². The van der Waals surface area contributed by atoms with E-state index in [0.29, 0.717) is 6.61 Å². The zero-order valence-electron chi connectivity index (χ0n) is 38.5. The molecule has 2 saturated heterocycles. The summed E-state index contributed by atoms with van der Waals surface area (Å²) in [5.41, 5.74) is 12.0. The van der Waals surface area contributed by atoms with E-state index >= 15 is 0 Å². The molecular formula is C56H54N6O5S2. The van der Waals surface area contributed by atoms with Gasteiger partial charge in [0.2, 0.25) is 0 Å². The number of nitrogens with zero attached hydrogens (tertiary/aromatic N) is 4. The number of hydrogen-bond acceptors (Lipinski definition) is 13. The van der Waals surface area contributed by atoms with Crippen LogP contribution in [0.5, 0.6) is 17.2 Å². The fraction of sp³-hybridized carbons (Fsp3) is 0.214. The number of fused-ring (bicyclic) bond motifs is 2. The van der Waals surface area contributed by atoms with E-state index in [2.05, 4.69) is 91.1 Å². The molecule has 2 aliphatic heterocycles. The number of thiophene rings is 2. The van der Waals surface area contributed by atoms with E-state index in [9.17, 15) is 5.11 Å². The number of phenolic OH excluding ortho intramolecular Hbond substituents is 1. The SMILES string of the molecule is COc1ccc(COc2cccc(Nc3ccnc4cc(-c5ccc(CN6CCOCC6)cc5)sc34)c2)cc1.Oc1cccc(Nc2ccnc3cc(-c4ccc(CN5CCOCC5)cc4)sc23)c1. The smallest absolute Gasteiger partial charge is 0.121 e. The van der Waals surface area contributed by atoms with Crippen molar-refractivity contribution in [3.8, 4) is 38.1 Å². The number of anilines is 4. The van der Waals surface area contributed by atoms with Crippen molar-refractivity contribution in [1.82, 2.24) is 19.8 Å². The Morgan fingerprint density at radius 3 is 1.55 bits per heavy atom. The van der Waals surface area contributed by atoms with Crippen LogP contribution in [0.2, 0.25) is 0 Å². The number of nitrogens with one attached hydrogen (secondary N) is 2. The lowest BCUT2D eigenvalue weighted by Gasteiger charge is -2.26. The van der Waals surface area contributed by atoms with Crippen LogP contribution in [0.15, 0.2) is 158 Å². The number of phenols is 1. The maximum absolute atomic E-state index is 9.72. The molecule has 0 unspecified atom stereocenters. The summed E-state index contributed by atoms with van der Waals surface area (Å²) in [7, 11) is 1.67. The quantitative estimate of drug-likeness (QED) is 0.0968. The second kappa shape index (κ2) is 22.1.